The van der Waals surface area contributed by atoms with Crippen LogP contribution >= 0.6 is 0 Å². The highest BCUT2D eigenvalue weighted by Crippen LogP contribution is 2.16. The number of hydrogen-bond donors (Lipinski definition) is 2. The molecule has 3 N–H and O–H groups in total. The number of carbonyl (C=O) groups is 1. The van der Waals surface area contributed by atoms with Gasteiger partial charge in [0.2, 0.25) is 11.7 Å². The summed E-state index contributed by atoms with van der Waals surface area (Å²) in [7, 11) is 0. The van der Waals surface area contributed by atoms with Gasteiger partial charge in [-0.05, 0) is 66.6 Å². The molecule has 0 radical (unpaired) electrons. The van der Waals surface area contributed by atoms with Crippen molar-refractivity contribution in [1.29, 1.82) is 0 Å². The molecule has 0 spiro atoms. The Labute approximate surface area is 139 Å². The Balaban J connectivity index is 1.66. The van der Waals surface area contributed by atoms with Crippen LogP contribution in [0.25, 0.3) is 11.4 Å². The number of nitrogens with two attached hydrogens (primary N) is 1. The molecule has 0 aliphatic rings. The van der Waals surface area contributed by atoms with Crippen molar-refractivity contribution in [3.8, 4) is 11.4 Å². The standard InChI is InChI=1S/C17H18N6O/c1-11-3-8-15(9-12(11)2)19-16(24)10-23-21-17(20-22-23)13-4-6-14(18)7-5-13/h3-9H,10,18H2,1-2H3,(H,19,24). The van der Waals surface area contributed by atoms with Gasteiger partial charge in [0.25, 0.3) is 0 Å². The second-order valence-corrected chi connectivity index (χ2v) is 5.61. The van der Waals surface area contributed by atoms with E-state index in [1.165, 1.54) is 10.4 Å². The number of benzene rings is 2. The Kier molecular flexibility index (Phi) is 4.24. The third-order valence-corrected chi connectivity index (χ3v) is 3.70. The maximum absolute atomic E-state index is 12.1. The third kappa shape index (κ3) is 3.57. The number of carbonyl (C=O) groups excluding carboxylic acids is 1. The fraction of sp³-hybridized carbons (Fsp3) is 0.176. The average molecular weight is 322 g/mol. The average Bonchev–Trinajstić information content (AvgIpc) is 3.00. The summed E-state index contributed by atoms with van der Waals surface area (Å²) < 4.78 is 0. The molecule has 1 amide bonds. The van der Waals surface area contributed by atoms with Gasteiger partial charge in [0, 0.05) is 16.9 Å². The molecular formula is C17H18N6O. The number of nitrogen functional groups attached to an aromatic ring is 1. The fourth-order valence-corrected chi connectivity index (χ4v) is 2.21. The van der Waals surface area contributed by atoms with Crippen LogP contribution in [0.15, 0.2) is 42.5 Å². The van der Waals surface area contributed by atoms with Gasteiger partial charge in [-0.25, -0.2) is 0 Å². The van der Waals surface area contributed by atoms with Crippen LogP contribution in [-0.4, -0.2) is 26.1 Å². The van der Waals surface area contributed by atoms with Gasteiger partial charge in [-0.3, -0.25) is 4.79 Å². The van der Waals surface area contributed by atoms with Crippen molar-refractivity contribution in [3.05, 3.63) is 53.6 Å². The minimum atomic E-state index is -0.209. The van der Waals surface area contributed by atoms with Crippen LogP contribution in [0, 0.1) is 13.8 Å². The Morgan fingerprint density at radius 2 is 1.88 bits per heavy atom. The Morgan fingerprint density at radius 1 is 1.12 bits per heavy atom. The maximum atomic E-state index is 12.1. The van der Waals surface area contributed by atoms with Crippen LogP contribution in [-0.2, 0) is 11.3 Å². The summed E-state index contributed by atoms with van der Waals surface area (Å²) in [6, 6.07) is 12.9. The van der Waals surface area contributed by atoms with Gasteiger partial charge in [-0.2, -0.15) is 4.80 Å². The smallest absolute Gasteiger partial charge is 0.248 e. The van der Waals surface area contributed by atoms with Gasteiger partial charge in [0.05, 0.1) is 0 Å². The van der Waals surface area contributed by atoms with Gasteiger partial charge in [-0.15, -0.1) is 10.2 Å². The number of aryl methyl sites for hydroxylation is 2. The Morgan fingerprint density at radius 3 is 2.58 bits per heavy atom. The number of nitrogens with zero attached hydrogens (tertiary/aromatic N) is 4. The topological polar surface area (TPSA) is 98.7 Å². The highest BCUT2D eigenvalue weighted by atomic mass is 16.2. The van der Waals surface area contributed by atoms with Crippen molar-refractivity contribution in [2.75, 3.05) is 11.1 Å². The first-order valence-electron chi connectivity index (χ1n) is 7.52. The molecule has 0 aliphatic carbocycles. The lowest BCUT2D eigenvalue weighted by Crippen LogP contribution is -2.20. The predicted molar refractivity (Wildman–Crippen MR) is 92.2 cm³/mol. The van der Waals surface area contributed by atoms with Crippen LogP contribution in [0.4, 0.5) is 11.4 Å². The number of anilines is 2. The van der Waals surface area contributed by atoms with Gasteiger partial charge in [-0.1, -0.05) is 6.07 Å². The molecule has 3 aromatic rings. The molecule has 0 atom stereocenters. The van der Waals surface area contributed by atoms with E-state index in [2.05, 4.69) is 20.7 Å². The van der Waals surface area contributed by atoms with E-state index in [1.54, 1.807) is 12.1 Å². The van der Waals surface area contributed by atoms with Crippen molar-refractivity contribution in [1.82, 2.24) is 20.2 Å². The molecular weight excluding hydrogens is 304 g/mol. The van der Waals surface area contributed by atoms with Gasteiger partial charge in [0.15, 0.2) is 0 Å². The van der Waals surface area contributed by atoms with Crippen LogP contribution in [0.1, 0.15) is 11.1 Å². The van der Waals surface area contributed by atoms with E-state index in [1.807, 2.05) is 44.2 Å². The van der Waals surface area contributed by atoms with Crippen LogP contribution in [0.2, 0.25) is 0 Å². The molecule has 0 unspecified atom stereocenters. The molecule has 7 nitrogen and oxygen atoms in total. The molecule has 0 aliphatic heterocycles. The first-order chi connectivity index (χ1) is 11.5. The number of nitrogens with one attached hydrogen (secondary N) is 1. The molecule has 1 heterocycles. The van der Waals surface area contributed by atoms with Crippen molar-refractivity contribution >= 4 is 17.3 Å². The predicted octanol–water partition coefficient (Wildman–Crippen LogP) is 2.18. The molecule has 24 heavy (non-hydrogen) atoms. The van der Waals surface area contributed by atoms with E-state index in [9.17, 15) is 4.79 Å². The first-order valence-corrected chi connectivity index (χ1v) is 7.52. The molecule has 122 valence electrons. The molecule has 0 fully saturated rings. The molecule has 2 aromatic carbocycles. The minimum absolute atomic E-state index is 0.00506. The Hall–Kier alpha value is -3.22. The first kappa shape index (κ1) is 15.7. The monoisotopic (exact) mass is 322 g/mol. The summed E-state index contributed by atoms with van der Waals surface area (Å²) >= 11 is 0. The zero-order valence-corrected chi connectivity index (χ0v) is 13.5. The molecule has 1 aromatic heterocycles. The van der Waals surface area contributed by atoms with Crippen molar-refractivity contribution in [3.63, 3.8) is 0 Å². The lowest BCUT2D eigenvalue weighted by Gasteiger charge is -2.07. The summed E-state index contributed by atoms with van der Waals surface area (Å²) in [5.74, 6) is 0.244. The van der Waals surface area contributed by atoms with Crippen molar-refractivity contribution in [2.45, 2.75) is 20.4 Å². The van der Waals surface area contributed by atoms with E-state index >= 15 is 0 Å². The summed E-state index contributed by atoms with van der Waals surface area (Å²) in [6.07, 6.45) is 0. The van der Waals surface area contributed by atoms with E-state index in [4.69, 9.17) is 5.73 Å². The number of rotatable bonds is 4. The van der Waals surface area contributed by atoms with Crippen molar-refractivity contribution in [2.24, 2.45) is 0 Å². The lowest BCUT2D eigenvalue weighted by molar-refractivity contribution is -0.117. The second-order valence-electron chi connectivity index (χ2n) is 5.61. The number of hydrogen-bond acceptors (Lipinski definition) is 5. The summed E-state index contributed by atoms with van der Waals surface area (Å²) in [6.45, 7) is 4.02. The second kappa shape index (κ2) is 6.49. The van der Waals surface area contributed by atoms with Gasteiger partial charge in [0.1, 0.15) is 6.54 Å². The fourth-order valence-electron chi connectivity index (χ4n) is 2.21. The number of aromatic nitrogens is 4. The number of tetrazole rings is 1. The van der Waals surface area contributed by atoms with Gasteiger partial charge < -0.3 is 11.1 Å². The van der Waals surface area contributed by atoms with Crippen molar-refractivity contribution < 1.29 is 4.79 Å². The highest BCUT2D eigenvalue weighted by Gasteiger charge is 2.10. The van der Waals surface area contributed by atoms with E-state index in [-0.39, 0.29) is 12.5 Å². The highest BCUT2D eigenvalue weighted by molar-refractivity contribution is 5.90. The van der Waals surface area contributed by atoms with E-state index in [0.29, 0.717) is 11.5 Å². The van der Waals surface area contributed by atoms with Crippen LogP contribution < -0.4 is 11.1 Å². The quantitative estimate of drug-likeness (QED) is 0.717. The van der Waals surface area contributed by atoms with Gasteiger partial charge >= 0.3 is 0 Å². The number of amides is 1. The summed E-state index contributed by atoms with van der Waals surface area (Å²) in [4.78, 5) is 13.4. The Bertz CT molecular complexity index is 869. The largest absolute Gasteiger partial charge is 0.399 e. The molecule has 0 saturated carbocycles. The summed E-state index contributed by atoms with van der Waals surface area (Å²) in [5.41, 5.74) is 10.2. The molecule has 0 bridgehead atoms. The normalized spacial score (nSPS) is 10.6. The van der Waals surface area contributed by atoms with Crippen LogP contribution in [0.3, 0.4) is 0 Å². The SMILES string of the molecule is Cc1ccc(NC(=O)Cn2nnc(-c3ccc(N)cc3)n2)cc1C. The van der Waals surface area contributed by atoms with E-state index < -0.39 is 0 Å². The minimum Gasteiger partial charge on any atom is -0.399 e. The third-order valence-electron chi connectivity index (χ3n) is 3.70. The van der Waals surface area contributed by atoms with E-state index in [0.717, 1.165) is 16.8 Å². The molecule has 7 heteroatoms. The zero-order valence-electron chi connectivity index (χ0n) is 13.5. The zero-order chi connectivity index (χ0) is 17.1. The van der Waals surface area contributed by atoms with Crippen LogP contribution in [0.5, 0.6) is 0 Å². The molecule has 0 saturated heterocycles. The summed E-state index contributed by atoms with van der Waals surface area (Å²) in [5, 5.41) is 14.9. The molecule has 3 rings (SSSR count). The lowest BCUT2D eigenvalue weighted by atomic mass is 10.1. The maximum Gasteiger partial charge on any atom is 0.248 e.